The van der Waals surface area contributed by atoms with Crippen LogP contribution in [0.15, 0.2) is 46.3 Å². The van der Waals surface area contributed by atoms with Gasteiger partial charge < -0.3 is 4.98 Å². The predicted octanol–water partition coefficient (Wildman–Crippen LogP) is 4.77. The minimum atomic E-state index is 0.968. The summed E-state index contributed by atoms with van der Waals surface area (Å²) in [6.45, 7) is 5.86. The molecule has 3 rings (SSSR count). The molecule has 18 heavy (non-hydrogen) atoms. The van der Waals surface area contributed by atoms with Crippen LogP contribution in [0.1, 0.15) is 6.92 Å². The lowest BCUT2D eigenvalue weighted by Crippen LogP contribution is -1.77. The number of aromatic amines is 1. The first-order chi connectivity index (χ1) is 8.85. The quantitative estimate of drug-likeness (QED) is 0.529. The topological polar surface area (TPSA) is 28.1 Å². The van der Waals surface area contributed by atoms with Crippen LogP contribution in [0.3, 0.4) is 0 Å². The fourth-order valence-electron chi connectivity index (χ4n) is 2.31. The molecule has 0 aliphatic heterocycles. The Bertz CT molecular complexity index is 728. The van der Waals surface area contributed by atoms with Gasteiger partial charge in [0.05, 0.1) is 11.2 Å². The molecule has 0 atom stereocenters. The monoisotopic (exact) mass is 254 g/mol. The second-order valence-electron chi connectivity index (χ2n) is 4.10. The summed E-state index contributed by atoms with van der Waals surface area (Å²) in [7, 11) is 0. The Labute approximate surface area is 110 Å². The van der Waals surface area contributed by atoms with Crippen LogP contribution >= 0.6 is 11.8 Å². The van der Waals surface area contributed by atoms with Crippen LogP contribution in [0.2, 0.25) is 0 Å². The molecule has 0 spiro atoms. The zero-order chi connectivity index (χ0) is 12.5. The van der Waals surface area contributed by atoms with E-state index in [-0.39, 0.29) is 0 Å². The molecule has 0 saturated heterocycles. The fourth-order valence-corrected chi connectivity index (χ4v) is 3.09. The molecule has 0 radical (unpaired) electrons. The van der Waals surface area contributed by atoms with Crippen LogP contribution in [-0.2, 0) is 0 Å². The summed E-state index contributed by atoms with van der Waals surface area (Å²) in [4.78, 5) is 8.85. The molecule has 0 aliphatic rings. The third kappa shape index (κ3) is 1.63. The van der Waals surface area contributed by atoms with E-state index in [1.165, 1.54) is 15.7 Å². The average Bonchev–Trinajstić information content (AvgIpc) is 2.77. The highest BCUT2D eigenvalue weighted by Crippen LogP contribution is 2.38. The molecule has 0 saturated carbocycles. The number of hydrogen-bond acceptors (Lipinski definition) is 2. The predicted molar refractivity (Wildman–Crippen MR) is 81.4 cm³/mol. The largest absolute Gasteiger partial charge is 0.353 e. The van der Waals surface area contributed by atoms with Crippen molar-refractivity contribution in [2.45, 2.75) is 11.8 Å². The van der Waals surface area contributed by atoms with E-state index in [0.29, 0.717) is 0 Å². The normalized spacial score (nSPS) is 11.2. The molecule has 90 valence electrons. The molecule has 2 aromatic carbocycles. The Kier molecular flexibility index (Phi) is 2.84. The van der Waals surface area contributed by atoms with E-state index in [1.807, 2.05) is 6.07 Å². The Morgan fingerprint density at radius 1 is 1.17 bits per heavy atom. The minimum absolute atomic E-state index is 0.968. The number of benzene rings is 2. The van der Waals surface area contributed by atoms with Gasteiger partial charge in [0.1, 0.15) is 0 Å². The highest BCUT2D eigenvalue weighted by molar-refractivity contribution is 7.99. The van der Waals surface area contributed by atoms with Crippen LogP contribution in [0.5, 0.6) is 0 Å². The number of rotatable bonds is 3. The van der Waals surface area contributed by atoms with Gasteiger partial charge >= 0.3 is 0 Å². The zero-order valence-corrected chi connectivity index (χ0v) is 11.1. The first-order valence-electron chi connectivity index (χ1n) is 5.98. The van der Waals surface area contributed by atoms with Crippen LogP contribution in [-0.4, -0.2) is 17.5 Å². The van der Waals surface area contributed by atoms with Crippen molar-refractivity contribution in [3.63, 3.8) is 0 Å². The number of hydrogen-bond donors (Lipinski definition) is 1. The minimum Gasteiger partial charge on any atom is -0.353 e. The van der Waals surface area contributed by atoms with Gasteiger partial charge in [-0.1, -0.05) is 31.2 Å². The second-order valence-corrected chi connectivity index (χ2v) is 5.40. The van der Waals surface area contributed by atoms with Crippen LogP contribution in [0, 0.1) is 0 Å². The first kappa shape index (κ1) is 11.4. The SMILES string of the molecule is C=Nc1c(SCC)ccc2c1[nH]c1ccccc12. The highest BCUT2D eigenvalue weighted by atomic mass is 32.2. The van der Waals surface area contributed by atoms with E-state index in [1.54, 1.807) is 11.8 Å². The van der Waals surface area contributed by atoms with Gasteiger partial charge in [0, 0.05) is 21.2 Å². The zero-order valence-electron chi connectivity index (χ0n) is 10.2. The van der Waals surface area contributed by atoms with Gasteiger partial charge in [-0.05, 0) is 24.6 Å². The molecule has 3 aromatic rings. The maximum absolute atomic E-state index is 4.21. The van der Waals surface area contributed by atoms with E-state index < -0.39 is 0 Å². The standard InChI is InChI=1S/C15H14N2S/c1-3-18-13-9-8-11-10-6-4-5-7-12(10)17-14(11)15(13)16-2/h4-9,17H,2-3H2,1H3. The molecule has 0 bridgehead atoms. The molecule has 0 amide bonds. The maximum Gasteiger partial charge on any atom is 0.0999 e. The first-order valence-corrected chi connectivity index (χ1v) is 6.96. The number of fused-ring (bicyclic) bond motifs is 3. The molecule has 2 nitrogen and oxygen atoms in total. The second kappa shape index (κ2) is 4.50. The molecule has 0 aliphatic carbocycles. The molecule has 1 N–H and O–H groups in total. The van der Waals surface area contributed by atoms with Gasteiger partial charge in [0.25, 0.3) is 0 Å². The van der Waals surface area contributed by atoms with E-state index in [2.05, 4.69) is 53.9 Å². The van der Waals surface area contributed by atoms with Crippen molar-refractivity contribution >= 4 is 46.0 Å². The molecular weight excluding hydrogens is 240 g/mol. The number of thioether (sulfide) groups is 1. The van der Waals surface area contributed by atoms with Gasteiger partial charge in [0.15, 0.2) is 0 Å². The Morgan fingerprint density at radius 2 is 2.00 bits per heavy atom. The van der Waals surface area contributed by atoms with Crippen LogP contribution in [0.25, 0.3) is 21.8 Å². The van der Waals surface area contributed by atoms with Gasteiger partial charge in [-0.3, -0.25) is 4.99 Å². The van der Waals surface area contributed by atoms with Crippen molar-refractivity contribution in [2.75, 3.05) is 5.75 Å². The lowest BCUT2D eigenvalue weighted by molar-refractivity contribution is 1.38. The van der Waals surface area contributed by atoms with E-state index in [0.717, 1.165) is 22.5 Å². The molecule has 0 fully saturated rings. The van der Waals surface area contributed by atoms with Crippen molar-refractivity contribution in [2.24, 2.45) is 4.99 Å². The number of aliphatic imine (C=N–C) groups is 1. The Hall–Kier alpha value is -1.74. The Morgan fingerprint density at radius 3 is 2.78 bits per heavy atom. The molecule has 1 aromatic heterocycles. The summed E-state index contributed by atoms with van der Waals surface area (Å²) in [6.07, 6.45) is 0. The van der Waals surface area contributed by atoms with Crippen molar-refractivity contribution in [3.8, 4) is 0 Å². The summed E-state index contributed by atoms with van der Waals surface area (Å²) in [6, 6.07) is 12.6. The molecular formula is C15H14N2S. The molecule has 1 heterocycles. The average molecular weight is 254 g/mol. The highest BCUT2D eigenvalue weighted by Gasteiger charge is 2.10. The van der Waals surface area contributed by atoms with Crippen LogP contribution < -0.4 is 0 Å². The van der Waals surface area contributed by atoms with Crippen molar-refractivity contribution in [1.82, 2.24) is 4.98 Å². The maximum atomic E-state index is 4.21. The molecule has 0 unspecified atom stereocenters. The fraction of sp³-hybridized carbons (Fsp3) is 0.133. The van der Waals surface area contributed by atoms with Crippen LogP contribution in [0.4, 0.5) is 5.69 Å². The van der Waals surface area contributed by atoms with Crippen molar-refractivity contribution in [1.29, 1.82) is 0 Å². The van der Waals surface area contributed by atoms with E-state index >= 15 is 0 Å². The van der Waals surface area contributed by atoms with E-state index in [9.17, 15) is 0 Å². The third-order valence-corrected chi connectivity index (χ3v) is 4.00. The summed E-state index contributed by atoms with van der Waals surface area (Å²) >= 11 is 1.80. The number of nitrogens with one attached hydrogen (secondary N) is 1. The number of H-pyrrole nitrogens is 1. The van der Waals surface area contributed by atoms with Gasteiger partial charge in [-0.2, -0.15) is 0 Å². The lowest BCUT2D eigenvalue weighted by Gasteiger charge is -2.04. The van der Waals surface area contributed by atoms with Gasteiger partial charge in [-0.15, -0.1) is 11.8 Å². The molecule has 3 heteroatoms. The number of nitrogens with zero attached hydrogens (tertiary/aromatic N) is 1. The smallest absolute Gasteiger partial charge is 0.0999 e. The van der Waals surface area contributed by atoms with Gasteiger partial charge in [-0.25, -0.2) is 0 Å². The summed E-state index contributed by atoms with van der Waals surface area (Å²) in [5.74, 6) is 1.04. The van der Waals surface area contributed by atoms with Crippen molar-refractivity contribution < 1.29 is 0 Å². The lowest BCUT2D eigenvalue weighted by atomic mass is 10.1. The Balaban J connectivity index is 2.40. The third-order valence-electron chi connectivity index (χ3n) is 3.08. The summed E-state index contributed by atoms with van der Waals surface area (Å²) < 4.78 is 0. The number of para-hydroxylation sites is 1. The summed E-state index contributed by atoms with van der Waals surface area (Å²) in [5, 5.41) is 2.46. The number of aromatic nitrogens is 1. The van der Waals surface area contributed by atoms with Gasteiger partial charge in [0.2, 0.25) is 0 Å². The summed E-state index contributed by atoms with van der Waals surface area (Å²) in [5.41, 5.74) is 3.20. The van der Waals surface area contributed by atoms with E-state index in [4.69, 9.17) is 0 Å². The van der Waals surface area contributed by atoms with Crippen molar-refractivity contribution in [3.05, 3.63) is 36.4 Å².